The van der Waals surface area contributed by atoms with Crippen molar-refractivity contribution in [2.45, 2.75) is 12.3 Å². The Morgan fingerprint density at radius 2 is 2.27 bits per heavy atom. The van der Waals surface area contributed by atoms with Crippen LogP contribution in [0.1, 0.15) is 10.6 Å². The average molecular weight is 351 g/mol. The quantitative estimate of drug-likeness (QED) is 0.740. The molecule has 0 aromatic carbocycles. The van der Waals surface area contributed by atoms with Gasteiger partial charge in [-0.1, -0.05) is 6.07 Å². The molecule has 0 aliphatic carbocycles. The highest BCUT2D eigenvalue weighted by atomic mass is 32.2. The molecule has 3 aromatic rings. The van der Waals surface area contributed by atoms with E-state index in [2.05, 4.69) is 10.3 Å². The summed E-state index contributed by atoms with van der Waals surface area (Å²) in [6.07, 6.45) is 1.71. The van der Waals surface area contributed by atoms with Gasteiger partial charge in [-0.2, -0.15) is 0 Å². The molecule has 114 valence electrons. The Hall–Kier alpha value is -1.64. The minimum Gasteiger partial charge on any atom is -0.350 e. The Morgan fingerprint density at radius 1 is 1.36 bits per heavy atom. The topological polar surface area (TPSA) is 63.5 Å². The van der Waals surface area contributed by atoms with Gasteiger partial charge >= 0.3 is 0 Å². The van der Waals surface area contributed by atoms with Gasteiger partial charge in [0.05, 0.1) is 18.0 Å². The van der Waals surface area contributed by atoms with Crippen LogP contribution in [0.25, 0.3) is 4.96 Å². The molecule has 0 aliphatic rings. The first-order valence-electron chi connectivity index (χ1n) is 6.55. The third kappa shape index (κ3) is 3.76. The number of thiophene rings is 1. The molecule has 0 fully saturated rings. The number of carbonyl (C=O) groups excluding carboxylic acids is 1. The Balaban J connectivity index is 1.49. The number of nitrogens with zero attached hydrogens (tertiary/aromatic N) is 2. The molecule has 3 rings (SSSR count). The molecule has 3 heterocycles. The number of rotatable bonds is 6. The van der Waals surface area contributed by atoms with Gasteiger partial charge in [0.15, 0.2) is 4.96 Å². The van der Waals surface area contributed by atoms with E-state index in [0.29, 0.717) is 28.7 Å². The van der Waals surface area contributed by atoms with E-state index >= 15 is 0 Å². The SMILES string of the molecule is O=C(CSCc1cc(=O)n2ccsc2n1)NCc1cccs1. The highest BCUT2D eigenvalue weighted by molar-refractivity contribution is 7.99. The molecule has 0 unspecified atom stereocenters. The second-order valence-electron chi connectivity index (χ2n) is 4.49. The van der Waals surface area contributed by atoms with Crippen LogP contribution in [0.4, 0.5) is 0 Å². The lowest BCUT2D eigenvalue weighted by molar-refractivity contribution is -0.118. The van der Waals surface area contributed by atoms with Crippen molar-refractivity contribution < 1.29 is 4.79 Å². The number of fused-ring (bicyclic) bond motifs is 1. The molecule has 1 N–H and O–H groups in total. The van der Waals surface area contributed by atoms with E-state index in [1.54, 1.807) is 17.5 Å². The lowest BCUT2D eigenvalue weighted by Crippen LogP contribution is -2.24. The molecule has 0 bridgehead atoms. The molecule has 0 saturated carbocycles. The van der Waals surface area contributed by atoms with Crippen LogP contribution in [-0.2, 0) is 17.1 Å². The van der Waals surface area contributed by atoms with Crippen molar-refractivity contribution in [2.24, 2.45) is 0 Å². The second-order valence-corrected chi connectivity index (χ2v) is 7.38. The first-order valence-corrected chi connectivity index (χ1v) is 9.46. The fraction of sp³-hybridized carbons (Fsp3) is 0.214. The van der Waals surface area contributed by atoms with Crippen molar-refractivity contribution in [1.82, 2.24) is 14.7 Å². The van der Waals surface area contributed by atoms with Crippen LogP contribution < -0.4 is 10.9 Å². The van der Waals surface area contributed by atoms with Gasteiger partial charge in [-0.25, -0.2) is 4.98 Å². The molecular weight excluding hydrogens is 338 g/mol. The molecule has 22 heavy (non-hydrogen) atoms. The summed E-state index contributed by atoms with van der Waals surface area (Å²) in [5, 5.41) is 6.69. The highest BCUT2D eigenvalue weighted by Gasteiger charge is 2.06. The van der Waals surface area contributed by atoms with Crippen molar-refractivity contribution in [2.75, 3.05) is 5.75 Å². The standard InChI is InChI=1S/C14H13N3O2S3/c18-12(15-7-11-2-1-4-21-11)9-20-8-10-6-13(19)17-3-5-22-14(17)16-10/h1-6H,7-9H2,(H,15,18). The number of thioether (sulfide) groups is 1. The predicted octanol–water partition coefficient (Wildman–Crippen LogP) is 2.37. The largest absolute Gasteiger partial charge is 0.350 e. The van der Waals surface area contributed by atoms with E-state index in [0.717, 1.165) is 4.88 Å². The van der Waals surface area contributed by atoms with E-state index in [9.17, 15) is 9.59 Å². The maximum absolute atomic E-state index is 11.8. The lowest BCUT2D eigenvalue weighted by atomic mass is 10.4. The maximum Gasteiger partial charge on any atom is 0.258 e. The summed E-state index contributed by atoms with van der Waals surface area (Å²) in [4.78, 5) is 29.8. The van der Waals surface area contributed by atoms with Gasteiger partial charge in [-0.05, 0) is 11.4 Å². The van der Waals surface area contributed by atoms with Crippen LogP contribution in [-0.4, -0.2) is 21.0 Å². The number of amides is 1. The zero-order chi connectivity index (χ0) is 15.4. The molecule has 0 atom stereocenters. The van der Waals surface area contributed by atoms with E-state index < -0.39 is 0 Å². The fourth-order valence-corrected chi connectivity index (χ4v) is 3.99. The van der Waals surface area contributed by atoms with Gasteiger partial charge in [-0.3, -0.25) is 14.0 Å². The second kappa shape index (κ2) is 7.08. The van der Waals surface area contributed by atoms with Gasteiger partial charge in [0.1, 0.15) is 0 Å². The third-order valence-corrected chi connectivity index (χ3v) is 5.48. The van der Waals surface area contributed by atoms with Crippen LogP contribution in [0.15, 0.2) is 40.0 Å². The zero-order valence-electron chi connectivity index (χ0n) is 11.5. The molecule has 0 radical (unpaired) electrons. The first kappa shape index (κ1) is 15.3. The summed E-state index contributed by atoms with van der Waals surface area (Å²) < 4.78 is 1.52. The smallest absolute Gasteiger partial charge is 0.258 e. The van der Waals surface area contributed by atoms with E-state index in [1.807, 2.05) is 22.9 Å². The molecular formula is C14H13N3O2S3. The number of thiazole rings is 1. The van der Waals surface area contributed by atoms with Gasteiger partial charge < -0.3 is 5.32 Å². The van der Waals surface area contributed by atoms with Crippen molar-refractivity contribution in [3.05, 3.63) is 56.1 Å². The van der Waals surface area contributed by atoms with Crippen LogP contribution >= 0.6 is 34.4 Å². The normalized spacial score (nSPS) is 10.9. The Morgan fingerprint density at radius 3 is 3.09 bits per heavy atom. The van der Waals surface area contributed by atoms with Gasteiger partial charge in [-0.15, -0.1) is 34.4 Å². The minimum absolute atomic E-state index is 0.00711. The van der Waals surface area contributed by atoms with Crippen LogP contribution in [0.3, 0.4) is 0 Å². The lowest BCUT2D eigenvalue weighted by Gasteiger charge is -2.04. The van der Waals surface area contributed by atoms with Gasteiger partial charge in [0, 0.05) is 28.3 Å². The van der Waals surface area contributed by atoms with Crippen molar-refractivity contribution in [3.8, 4) is 0 Å². The van der Waals surface area contributed by atoms with Crippen LogP contribution in [0.5, 0.6) is 0 Å². The average Bonchev–Trinajstić information content (AvgIpc) is 3.16. The third-order valence-electron chi connectivity index (χ3n) is 2.88. The summed E-state index contributed by atoms with van der Waals surface area (Å²) in [6, 6.07) is 5.48. The van der Waals surface area contributed by atoms with Gasteiger partial charge in [0.2, 0.25) is 5.91 Å². The molecule has 0 aliphatic heterocycles. The summed E-state index contributed by atoms with van der Waals surface area (Å²) in [7, 11) is 0. The molecule has 5 nitrogen and oxygen atoms in total. The van der Waals surface area contributed by atoms with E-state index in [1.165, 1.54) is 33.6 Å². The monoisotopic (exact) mass is 351 g/mol. The summed E-state index contributed by atoms with van der Waals surface area (Å²) >= 11 is 4.51. The number of hydrogen-bond donors (Lipinski definition) is 1. The highest BCUT2D eigenvalue weighted by Crippen LogP contribution is 2.12. The van der Waals surface area contributed by atoms with Crippen molar-refractivity contribution >= 4 is 45.3 Å². The fourth-order valence-electron chi connectivity index (χ4n) is 1.86. The van der Waals surface area contributed by atoms with E-state index in [-0.39, 0.29) is 11.5 Å². The number of nitrogens with one attached hydrogen (secondary N) is 1. The van der Waals surface area contributed by atoms with Crippen molar-refractivity contribution in [1.29, 1.82) is 0 Å². The maximum atomic E-state index is 11.8. The summed E-state index contributed by atoms with van der Waals surface area (Å²) in [5.41, 5.74) is 0.632. The molecule has 3 aromatic heterocycles. The van der Waals surface area contributed by atoms with Gasteiger partial charge in [0.25, 0.3) is 5.56 Å². The Kier molecular flexibility index (Phi) is 4.91. The number of aromatic nitrogens is 2. The number of carbonyl (C=O) groups is 1. The van der Waals surface area contributed by atoms with Crippen LogP contribution in [0, 0.1) is 0 Å². The van der Waals surface area contributed by atoms with E-state index in [4.69, 9.17) is 0 Å². The minimum atomic E-state index is -0.0796. The Bertz CT molecular complexity index is 823. The molecule has 0 spiro atoms. The first-order chi connectivity index (χ1) is 10.7. The molecule has 1 amide bonds. The number of hydrogen-bond acceptors (Lipinski definition) is 6. The summed E-state index contributed by atoms with van der Waals surface area (Å²) in [6.45, 7) is 0.567. The zero-order valence-corrected chi connectivity index (χ0v) is 14.0. The Labute approximate surface area is 139 Å². The molecule has 0 saturated heterocycles. The predicted molar refractivity (Wildman–Crippen MR) is 91.7 cm³/mol. The molecule has 8 heteroatoms. The van der Waals surface area contributed by atoms with Crippen molar-refractivity contribution in [3.63, 3.8) is 0 Å². The summed E-state index contributed by atoms with van der Waals surface area (Å²) in [5.74, 6) is 0.903. The van der Waals surface area contributed by atoms with Crippen LogP contribution in [0.2, 0.25) is 0 Å².